The lowest BCUT2D eigenvalue weighted by Crippen LogP contribution is -2.15. The van der Waals surface area contributed by atoms with Gasteiger partial charge in [-0.1, -0.05) is 49.6 Å². The Kier molecular flexibility index (Phi) is 7.24. The Balaban J connectivity index is 1.58. The zero-order valence-corrected chi connectivity index (χ0v) is 16.9. The van der Waals surface area contributed by atoms with Crippen LogP contribution in [0.25, 0.3) is 5.83 Å². The van der Waals surface area contributed by atoms with Gasteiger partial charge >= 0.3 is 0 Å². The van der Waals surface area contributed by atoms with Gasteiger partial charge in [0, 0.05) is 11.5 Å². The summed E-state index contributed by atoms with van der Waals surface area (Å²) in [7, 11) is 0. The monoisotopic (exact) mass is 384 g/mol. The van der Waals surface area contributed by atoms with Gasteiger partial charge in [0.1, 0.15) is 18.2 Å². The maximum absolute atomic E-state index is 14.7. The van der Waals surface area contributed by atoms with Gasteiger partial charge in [-0.25, -0.2) is 8.78 Å². The van der Waals surface area contributed by atoms with Crippen molar-refractivity contribution in [1.82, 2.24) is 0 Å². The minimum absolute atomic E-state index is 0.273. The predicted molar refractivity (Wildman–Crippen MR) is 111 cm³/mol. The van der Waals surface area contributed by atoms with Crippen LogP contribution in [0.3, 0.4) is 0 Å². The van der Waals surface area contributed by atoms with Crippen LogP contribution in [-0.2, 0) is 6.61 Å². The quantitative estimate of drug-likeness (QED) is 0.473. The van der Waals surface area contributed by atoms with Crippen LogP contribution >= 0.6 is 0 Å². The Morgan fingerprint density at radius 1 is 0.929 bits per heavy atom. The number of hydrogen-bond donors (Lipinski definition) is 0. The van der Waals surface area contributed by atoms with E-state index in [1.807, 2.05) is 31.2 Å². The summed E-state index contributed by atoms with van der Waals surface area (Å²) in [6, 6.07) is 14.7. The first-order valence-electron chi connectivity index (χ1n) is 10.4. The van der Waals surface area contributed by atoms with Crippen molar-refractivity contribution in [3.63, 3.8) is 0 Å². The van der Waals surface area contributed by atoms with Gasteiger partial charge in [0.05, 0.1) is 0 Å². The summed E-state index contributed by atoms with van der Waals surface area (Å²) in [5.74, 6) is -0.238. The fraction of sp³-hybridized carbons (Fsp3) is 0.440. The van der Waals surface area contributed by atoms with Gasteiger partial charge in [0.2, 0.25) is 0 Å². The van der Waals surface area contributed by atoms with E-state index in [1.54, 1.807) is 24.3 Å². The molecule has 2 aromatic rings. The van der Waals surface area contributed by atoms with E-state index < -0.39 is 11.7 Å². The molecule has 1 aliphatic rings. The molecule has 0 radical (unpaired) electrons. The van der Waals surface area contributed by atoms with Crippen molar-refractivity contribution in [3.8, 4) is 5.75 Å². The molecule has 0 unspecified atom stereocenters. The predicted octanol–water partition coefficient (Wildman–Crippen LogP) is 7.79. The van der Waals surface area contributed by atoms with Gasteiger partial charge in [-0.05, 0) is 68.4 Å². The molecule has 150 valence electrons. The lowest BCUT2D eigenvalue weighted by atomic mass is 9.79. The zero-order valence-electron chi connectivity index (χ0n) is 16.9. The van der Waals surface area contributed by atoms with E-state index >= 15 is 0 Å². The molecule has 0 saturated heterocycles. The third-order valence-corrected chi connectivity index (χ3v) is 5.75. The molecular formula is C25H30F2O. The molecule has 0 bridgehead atoms. The summed E-state index contributed by atoms with van der Waals surface area (Å²) in [4.78, 5) is 0. The molecule has 0 heterocycles. The lowest BCUT2D eigenvalue weighted by molar-refractivity contribution is 0.261. The second kappa shape index (κ2) is 9.86. The second-order valence-corrected chi connectivity index (χ2v) is 7.97. The first-order chi connectivity index (χ1) is 13.6. The van der Waals surface area contributed by atoms with Crippen molar-refractivity contribution >= 4 is 5.83 Å². The summed E-state index contributed by atoms with van der Waals surface area (Å²) in [5, 5.41) is 0. The fourth-order valence-corrected chi connectivity index (χ4v) is 3.98. The minimum Gasteiger partial charge on any atom is -0.489 e. The number of allylic oxidation sites excluding steroid dienone is 1. The first-order valence-corrected chi connectivity index (χ1v) is 10.4. The molecule has 0 atom stereocenters. The van der Waals surface area contributed by atoms with Crippen LogP contribution in [0.5, 0.6) is 5.75 Å². The smallest absolute Gasteiger partial charge is 0.162 e. The minimum atomic E-state index is -0.718. The maximum atomic E-state index is 14.7. The molecule has 3 rings (SSSR count). The molecule has 28 heavy (non-hydrogen) atoms. The molecule has 1 fully saturated rings. The van der Waals surface area contributed by atoms with Crippen LogP contribution in [0.15, 0.2) is 54.4 Å². The standard InChI is InChI=1S/C25H30F2O/c1-3-4-19-9-11-21(12-10-19)24(26)25(27)22-13-15-23(16-14-22)28-17-20-7-5-18(2)6-8-20/h5-8,13-16,19,21H,3-4,9-12,17H2,1-2H3. The highest BCUT2D eigenvalue weighted by molar-refractivity contribution is 5.62. The maximum Gasteiger partial charge on any atom is 0.162 e. The largest absolute Gasteiger partial charge is 0.489 e. The van der Waals surface area contributed by atoms with E-state index in [9.17, 15) is 8.78 Å². The summed E-state index contributed by atoms with van der Waals surface area (Å²) in [6.07, 6.45) is 5.88. The van der Waals surface area contributed by atoms with Crippen molar-refractivity contribution in [2.45, 2.75) is 59.0 Å². The van der Waals surface area contributed by atoms with E-state index in [2.05, 4.69) is 6.92 Å². The van der Waals surface area contributed by atoms with Crippen LogP contribution in [0.4, 0.5) is 8.78 Å². The van der Waals surface area contributed by atoms with Crippen molar-refractivity contribution in [2.75, 3.05) is 0 Å². The van der Waals surface area contributed by atoms with Crippen LogP contribution < -0.4 is 4.74 Å². The highest BCUT2D eigenvalue weighted by atomic mass is 19.2. The van der Waals surface area contributed by atoms with Crippen LogP contribution in [0, 0.1) is 18.8 Å². The van der Waals surface area contributed by atoms with E-state index in [0.717, 1.165) is 31.2 Å². The van der Waals surface area contributed by atoms with E-state index in [-0.39, 0.29) is 11.5 Å². The van der Waals surface area contributed by atoms with Crippen molar-refractivity contribution in [2.24, 2.45) is 11.8 Å². The second-order valence-electron chi connectivity index (χ2n) is 7.97. The SMILES string of the molecule is CCCC1CCC(C(F)=C(F)c2ccc(OCc3ccc(C)cc3)cc2)CC1. The van der Waals surface area contributed by atoms with Gasteiger partial charge in [-0.15, -0.1) is 0 Å². The normalized spacial score (nSPS) is 20.6. The molecule has 0 amide bonds. The van der Waals surface area contributed by atoms with E-state index in [1.165, 1.54) is 18.4 Å². The highest BCUT2D eigenvalue weighted by Gasteiger charge is 2.26. The van der Waals surface area contributed by atoms with Gasteiger partial charge in [-0.2, -0.15) is 0 Å². The van der Waals surface area contributed by atoms with E-state index in [4.69, 9.17) is 4.74 Å². The van der Waals surface area contributed by atoms with Crippen LogP contribution in [0.2, 0.25) is 0 Å². The van der Waals surface area contributed by atoms with Gasteiger partial charge in [-0.3, -0.25) is 0 Å². The molecule has 3 heteroatoms. The lowest BCUT2D eigenvalue weighted by Gasteiger charge is -2.27. The van der Waals surface area contributed by atoms with Crippen molar-refractivity contribution in [1.29, 1.82) is 0 Å². The third-order valence-electron chi connectivity index (χ3n) is 5.75. The van der Waals surface area contributed by atoms with Gasteiger partial charge in [0.25, 0.3) is 0 Å². The highest BCUT2D eigenvalue weighted by Crippen LogP contribution is 2.39. The average molecular weight is 385 g/mol. The van der Waals surface area contributed by atoms with Gasteiger partial charge < -0.3 is 4.74 Å². The summed E-state index contributed by atoms with van der Waals surface area (Å²) >= 11 is 0. The topological polar surface area (TPSA) is 9.23 Å². The number of aryl methyl sites for hydroxylation is 1. The number of hydrogen-bond acceptors (Lipinski definition) is 1. The van der Waals surface area contributed by atoms with Crippen LogP contribution in [-0.4, -0.2) is 0 Å². The summed E-state index contributed by atoms with van der Waals surface area (Å²) < 4.78 is 35.0. The number of halogens is 2. The van der Waals surface area contributed by atoms with Crippen LogP contribution in [0.1, 0.15) is 62.1 Å². The number of rotatable bonds is 7. The fourth-order valence-electron chi connectivity index (χ4n) is 3.98. The summed E-state index contributed by atoms with van der Waals surface area (Å²) in [5.41, 5.74) is 2.57. The van der Waals surface area contributed by atoms with Gasteiger partial charge in [0.15, 0.2) is 5.83 Å². The molecule has 0 aromatic heterocycles. The molecular weight excluding hydrogens is 354 g/mol. The summed E-state index contributed by atoms with van der Waals surface area (Å²) in [6.45, 7) is 4.68. The first kappa shape index (κ1) is 20.6. The number of benzene rings is 2. The molecule has 1 saturated carbocycles. The third kappa shape index (κ3) is 5.43. The molecule has 0 spiro atoms. The molecule has 2 aromatic carbocycles. The zero-order chi connectivity index (χ0) is 19.9. The Bertz CT molecular complexity index is 769. The molecule has 0 N–H and O–H groups in total. The average Bonchev–Trinajstić information content (AvgIpc) is 2.73. The molecule has 0 aliphatic heterocycles. The van der Waals surface area contributed by atoms with E-state index in [0.29, 0.717) is 18.3 Å². The molecule has 1 nitrogen and oxygen atoms in total. The Morgan fingerprint density at radius 3 is 2.18 bits per heavy atom. The Hall–Kier alpha value is -2.16. The Morgan fingerprint density at radius 2 is 1.57 bits per heavy atom. The van der Waals surface area contributed by atoms with Crippen molar-refractivity contribution in [3.05, 3.63) is 71.0 Å². The molecule has 1 aliphatic carbocycles. The number of ether oxygens (including phenoxy) is 1. The Labute approximate surface area is 167 Å². The van der Waals surface area contributed by atoms with Crippen molar-refractivity contribution < 1.29 is 13.5 Å².